The molecule has 1 saturated heterocycles. The molecule has 0 radical (unpaired) electrons. The third kappa shape index (κ3) is 3.30. The molecular formula is C14H19FN2O2. The van der Waals surface area contributed by atoms with E-state index in [1.807, 2.05) is 18.0 Å². The van der Waals surface area contributed by atoms with Crippen molar-refractivity contribution >= 4 is 5.97 Å². The predicted molar refractivity (Wildman–Crippen MR) is 69.7 cm³/mol. The van der Waals surface area contributed by atoms with Crippen LogP contribution in [0.2, 0.25) is 0 Å². The van der Waals surface area contributed by atoms with Gasteiger partial charge in [-0.1, -0.05) is 12.1 Å². The smallest absolute Gasteiger partial charge is 0.324 e. The van der Waals surface area contributed by atoms with Gasteiger partial charge >= 0.3 is 5.97 Å². The van der Waals surface area contributed by atoms with Crippen molar-refractivity contribution in [3.8, 4) is 0 Å². The maximum absolute atomic E-state index is 13.2. The van der Waals surface area contributed by atoms with Crippen LogP contribution >= 0.6 is 0 Å². The number of carbonyl (C=O) groups is 1. The number of hydrogen-bond donors (Lipinski definition) is 1. The van der Waals surface area contributed by atoms with E-state index >= 15 is 0 Å². The Kier molecular flexibility index (Phi) is 4.50. The highest BCUT2D eigenvalue weighted by Crippen LogP contribution is 2.20. The molecule has 1 aromatic carbocycles. The molecule has 1 fully saturated rings. The van der Waals surface area contributed by atoms with E-state index < -0.39 is 0 Å². The van der Waals surface area contributed by atoms with Gasteiger partial charge in [0.1, 0.15) is 11.9 Å². The van der Waals surface area contributed by atoms with E-state index in [0.717, 1.165) is 24.9 Å². The Morgan fingerprint density at radius 1 is 1.58 bits per heavy atom. The Morgan fingerprint density at radius 3 is 3.05 bits per heavy atom. The summed E-state index contributed by atoms with van der Waals surface area (Å²) in [7, 11) is 1.40. The highest BCUT2D eigenvalue weighted by atomic mass is 19.1. The first-order chi connectivity index (χ1) is 9.11. The van der Waals surface area contributed by atoms with Crippen LogP contribution in [-0.4, -0.2) is 30.7 Å². The molecule has 2 atom stereocenters. The summed E-state index contributed by atoms with van der Waals surface area (Å²) in [4.78, 5) is 11.6. The first-order valence-corrected chi connectivity index (χ1v) is 6.48. The van der Waals surface area contributed by atoms with Crippen LogP contribution in [-0.2, 0) is 9.53 Å². The van der Waals surface area contributed by atoms with Crippen molar-refractivity contribution in [1.29, 1.82) is 0 Å². The van der Waals surface area contributed by atoms with Gasteiger partial charge in [-0.15, -0.1) is 0 Å². The second-order valence-corrected chi connectivity index (χ2v) is 4.78. The van der Waals surface area contributed by atoms with Gasteiger partial charge in [0.25, 0.3) is 0 Å². The van der Waals surface area contributed by atoms with Gasteiger partial charge in [0.2, 0.25) is 0 Å². The molecule has 0 aliphatic carbocycles. The maximum Gasteiger partial charge on any atom is 0.324 e. The van der Waals surface area contributed by atoms with E-state index in [0.29, 0.717) is 0 Å². The number of nitrogens with zero attached hydrogens (tertiary/aromatic N) is 1. The number of hydrogen-bond acceptors (Lipinski definition) is 4. The molecule has 19 heavy (non-hydrogen) atoms. The molecule has 0 saturated carbocycles. The van der Waals surface area contributed by atoms with Crippen molar-refractivity contribution in [2.24, 2.45) is 0 Å². The molecule has 4 nitrogen and oxygen atoms in total. The van der Waals surface area contributed by atoms with E-state index in [-0.39, 0.29) is 23.9 Å². The second kappa shape index (κ2) is 6.12. The van der Waals surface area contributed by atoms with Crippen LogP contribution < -0.4 is 5.43 Å². The third-order valence-electron chi connectivity index (χ3n) is 3.43. The quantitative estimate of drug-likeness (QED) is 0.847. The minimum Gasteiger partial charge on any atom is -0.468 e. The van der Waals surface area contributed by atoms with Crippen molar-refractivity contribution in [2.45, 2.75) is 31.8 Å². The Bertz CT molecular complexity index is 453. The van der Waals surface area contributed by atoms with Gasteiger partial charge in [-0.05, 0) is 37.5 Å². The largest absolute Gasteiger partial charge is 0.468 e. The van der Waals surface area contributed by atoms with E-state index in [1.54, 1.807) is 6.07 Å². The minimum absolute atomic E-state index is 0.0547. The number of esters is 1. The van der Waals surface area contributed by atoms with Gasteiger partial charge in [0.05, 0.1) is 7.11 Å². The van der Waals surface area contributed by atoms with Crippen molar-refractivity contribution in [2.75, 3.05) is 13.7 Å². The van der Waals surface area contributed by atoms with Crippen molar-refractivity contribution in [1.82, 2.24) is 10.4 Å². The summed E-state index contributed by atoms with van der Waals surface area (Å²) in [5.41, 5.74) is 4.11. The van der Waals surface area contributed by atoms with Crippen molar-refractivity contribution in [3.63, 3.8) is 0 Å². The van der Waals surface area contributed by atoms with E-state index in [4.69, 9.17) is 4.74 Å². The molecule has 0 aromatic heterocycles. The van der Waals surface area contributed by atoms with Gasteiger partial charge in [0, 0.05) is 12.6 Å². The highest BCUT2D eigenvalue weighted by Gasteiger charge is 2.32. The highest BCUT2D eigenvalue weighted by molar-refractivity contribution is 5.75. The zero-order valence-corrected chi connectivity index (χ0v) is 11.2. The summed E-state index contributed by atoms with van der Waals surface area (Å²) >= 11 is 0. The molecule has 104 valence electrons. The number of ether oxygens (including phenoxy) is 1. The standard InChI is InChI=1S/C14H19FN2O2/c1-10(11-5-3-6-12(15)9-11)16-17-8-4-7-13(17)14(18)19-2/h3,5-6,9-10,13,16H,4,7-8H2,1-2H3/t10?,13-/m0/s1. The lowest BCUT2D eigenvalue weighted by atomic mass is 10.1. The molecule has 1 unspecified atom stereocenters. The summed E-state index contributed by atoms with van der Waals surface area (Å²) in [5.74, 6) is -0.478. The minimum atomic E-state index is -0.253. The van der Waals surface area contributed by atoms with Gasteiger partial charge in [0.15, 0.2) is 0 Å². The molecule has 2 rings (SSSR count). The number of nitrogens with one attached hydrogen (secondary N) is 1. The fourth-order valence-electron chi connectivity index (χ4n) is 2.40. The van der Waals surface area contributed by atoms with Crippen LogP contribution in [0, 0.1) is 5.82 Å². The Morgan fingerprint density at radius 2 is 2.37 bits per heavy atom. The lowest BCUT2D eigenvalue weighted by Gasteiger charge is -2.27. The summed E-state index contributed by atoms with van der Waals surface area (Å²) < 4.78 is 18.0. The van der Waals surface area contributed by atoms with Crippen LogP contribution in [0.4, 0.5) is 4.39 Å². The second-order valence-electron chi connectivity index (χ2n) is 4.78. The molecule has 0 bridgehead atoms. The Balaban J connectivity index is 2.02. The zero-order valence-electron chi connectivity index (χ0n) is 11.2. The Labute approximate surface area is 112 Å². The lowest BCUT2D eigenvalue weighted by molar-refractivity contribution is -0.147. The zero-order chi connectivity index (χ0) is 13.8. The fraction of sp³-hybridized carbons (Fsp3) is 0.500. The van der Waals surface area contributed by atoms with Crippen LogP contribution in [0.3, 0.4) is 0 Å². The summed E-state index contributed by atoms with van der Waals surface area (Å²) in [6, 6.07) is 6.17. The van der Waals surface area contributed by atoms with Gasteiger partial charge in [-0.25, -0.2) is 14.8 Å². The SMILES string of the molecule is COC(=O)[C@@H]1CCCN1NC(C)c1cccc(F)c1. The first-order valence-electron chi connectivity index (χ1n) is 6.48. The van der Waals surface area contributed by atoms with Crippen molar-refractivity contribution < 1.29 is 13.9 Å². The third-order valence-corrected chi connectivity index (χ3v) is 3.43. The predicted octanol–water partition coefficient (Wildman–Crippen LogP) is 2.03. The number of benzene rings is 1. The fourth-order valence-corrected chi connectivity index (χ4v) is 2.40. The molecule has 1 aliphatic rings. The number of rotatable bonds is 4. The first kappa shape index (κ1) is 14.0. The Hall–Kier alpha value is -1.46. The summed E-state index contributed by atoms with van der Waals surface area (Å²) in [5, 5.41) is 1.89. The van der Waals surface area contributed by atoms with E-state index in [9.17, 15) is 9.18 Å². The number of methoxy groups -OCH3 is 1. The molecule has 0 spiro atoms. The molecular weight excluding hydrogens is 247 g/mol. The summed E-state index contributed by atoms with van der Waals surface area (Å²) in [6.45, 7) is 2.74. The number of hydrazine groups is 1. The number of halogens is 1. The lowest BCUT2D eigenvalue weighted by Crippen LogP contribution is -2.46. The van der Waals surface area contributed by atoms with E-state index in [1.165, 1.54) is 19.2 Å². The normalized spacial score (nSPS) is 21.3. The average Bonchev–Trinajstić information content (AvgIpc) is 2.86. The topological polar surface area (TPSA) is 41.6 Å². The van der Waals surface area contributed by atoms with E-state index in [2.05, 4.69) is 5.43 Å². The molecule has 1 aromatic rings. The molecule has 0 amide bonds. The van der Waals surface area contributed by atoms with Crippen molar-refractivity contribution in [3.05, 3.63) is 35.6 Å². The maximum atomic E-state index is 13.2. The molecule has 1 N–H and O–H groups in total. The number of carbonyl (C=O) groups excluding carboxylic acids is 1. The van der Waals surface area contributed by atoms with Crippen LogP contribution in [0.25, 0.3) is 0 Å². The monoisotopic (exact) mass is 266 g/mol. The van der Waals surface area contributed by atoms with Crippen LogP contribution in [0.1, 0.15) is 31.4 Å². The van der Waals surface area contributed by atoms with Gasteiger partial charge < -0.3 is 4.74 Å². The van der Waals surface area contributed by atoms with Crippen LogP contribution in [0.5, 0.6) is 0 Å². The molecule has 1 heterocycles. The van der Waals surface area contributed by atoms with Gasteiger partial charge in [-0.3, -0.25) is 4.79 Å². The molecule has 5 heteroatoms. The van der Waals surface area contributed by atoms with Crippen LogP contribution in [0.15, 0.2) is 24.3 Å². The summed E-state index contributed by atoms with van der Waals surface area (Å²) in [6.07, 6.45) is 1.73. The molecule has 1 aliphatic heterocycles. The van der Waals surface area contributed by atoms with Gasteiger partial charge in [-0.2, -0.15) is 0 Å². The average molecular weight is 266 g/mol.